The van der Waals surface area contributed by atoms with Crippen molar-refractivity contribution in [3.05, 3.63) is 25.3 Å². The largest absolute Gasteiger partial charge is 0.444 e. The van der Waals surface area contributed by atoms with Gasteiger partial charge in [-0.1, -0.05) is 12.2 Å². The molecule has 2 unspecified atom stereocenters. The van der Waals surface area contributed by atoms with Crippen LogP contribution in [0.4, 0.5) is 4.79 Å². The quantitative estimate of drug-likeness (QED) is 0.581. The fourth-order valence-corrected chi connectivity index (χ4v) is 3.01. The van der Waals surface area contributed by atoms with Gasteiger partial charge in [0.25, 0.3) is 0 Å². The fraction of sp³-hybridized carbons (Fsp3) is 0.632. The Morgan fingerprint density at radius 1 is 1.30 bits per heavy atom. The third-order valence-electron chi connectivity index (χ3n) is 4.07. The fourth-order valence-electron chi connectivity index (χ4n) is 3.01. The van der Waals surface area contributed by atoms with E-state index >= 15 is 0 Å². The van der Waals surface area contributed by atoms with Gasteiger partial charge in [-0.25, -0.2) is 4.79 Å². The Balaban J connectivity index is 2.98. The molecule has 2 atom stereocenters. The smallest absolute Gasteiger partial charge is 0.408 e. The molecular weight excluding hydrogens is 348 g/mol. The molecule has 0 aromatic heterocycles. The van der Waals surface area contributed by atoms with Crippen molar-refractivity contribution in [1.29, 1.82) is 0 Å². The van der Waals surface area contributed by atoms with Crippen LogP contribution in [0, 0.1) is 0 Å². The van der Waals surface area contributed by atoms with Gasteiger partial charge in [-0.15, -0.1) is 13.2 Å². The van der Waals surface area contributed by atoms with E-state index in [2.05, 4.69) is 18.5 Å². The lowest BCUT2D eigenvalue weighted by molar-refractivity contribution is -0.139. The molecule has 0 saturated carbocycles. The summed E-state index contributed by atoms with van der Waals surface area (Å²) in [7, 11) is 0. The zero-order chi connectivity index (χ0) is 20.6. The Labute approximate surface area is 161 Å². The lowest BCUT2D eigenvalue weighted by Gasteiger charge is -2.31. The third-order valence-corrected chi connectivity index (χ3v) is 4.07. The Bertz CT molecular complexity index is 561. The first kappa shape index (κ1) is 22.7. The van der Waals surface area contributed by atoms with Gasteiger partial charge in [-0.3, -0.25) is 14.5 Å². The molecule has 1 aliphatic rings. The van der Waals surface area contributed by atoms with Crippen molar-refractivity contribution in [1.82, 2.24) is 15.1 Å². The number of hydrogen-bond donors (Lipinski definition) is 2. The maximum Gasteiger partial charge on any atom is 0.408 e. The minimum atomic E-state index is -0.875. The topological polar surface area (TPSA) is 105 Å². The number of carbonyl (C=O) groups excluding carboxylic acids is 3. The number of nitrogens with zero attached hydrogens (tertiary/aromatic N) is 2. The van der Waals surface area contributed by atoms with Gasteiger partial charge in [0, 0.05) is 26.2 Å². The first-order valence-electron chi connectivity index (χ1n) is 9.12. The van der Waals surface area contributed by atoms with Gasteiger partial charge in [0.1, 0.15) is 17.7 Å². The number of rotatable bonds is 9. The van der Waals surface area contributed by atoms with E-state index in [4.69, 9.17) is 10.5 Å². The van der Waals surface area contributed by atoms with Gasteiger partial charge in [-0.05, 0) is 33.6 Å². The van der Waals surface area contributed by atoms with Crippen molar-refractivity contribution in [2.75, 3.05) is 26.2 Å². The summed E-state index contributed by atoms with van der Waals surface area (Å²) in [4.78, 5) is 40.3. The average Bonchev–Trinajstić information content (AvgIpc) is 3.02. The Hall–Kier alpha value is -2.35. The second-order valence-corrected chi connectivity index (χ2v) is 7.59. The average molecular weight is 380 g/mol. The lowest BCUT2D eigenvalue weighted by atomic mass is 10.1. The van der Waals surface area contributed by atoms with Crippen molar-refractivity contribution in [2.24, 2.45) is 5.73 Å². The molecule has 0 aromatic rings. The normalized spacial score (nSPS) is 18.1. The van der Waals surface area contributed by atoms with Gasteiger partial charge in [-0.2, -0.15) is 0 Å². The van der Waals surface area contributed by atoms with Crippen LogP contribution in [0.5, 0.6) is 0 Å². The van der Waals surface area contributed by atoms with E-state index in [-0.39, 0.29) is 12.5 Å². The van der Waals surface area contributed by atoms with Crippen LogP contribution in [-0.2, 0) is 14.3 Å². The highest BCUT2D eigenvalue weighted by Crippen LogP contribution is 2.18. The number of nitrogens with one attached hydrogen (secondary N) is 1. The lowest BCUT2D eigenvalue weighted by Crippen LogP contribution is -2.57. The van der Waals surface area contributed by atoms with E-state index in [1.807, 2.05) is 4.90 Å². The molecule has 0 aromatic carbocycles. The van der Waals surface area contributed by atoms with Crippen LogP contribution >= 0.6 is 0 Å². The number of nitrogens with two attached hydrogens (primary N) is 1. The summed E-state index contributed by atoms with van der Waals surface area (Å²) in [5, 5.41) is 2.64. The highest BCUT2D eigenvalue weighted by Gasteiger charge is 2.37. The van der Waals surface area contributed by atoms with E-state index in [1.165, 1.54) is 4.90 Å². The second-order valence-electron chi connectivity index (χ2n) is 7.59. The maximum absolute atomic E-state index is 13.1. The Morgan fingerprint density at radius 2 is 1.89 bits per heavy atom. The number of likely N-dealkylation sites (tertiary alicyclic amines) is 1. The van der Waals surface area contributed by atoms with E-state index in [0.717, 1.165) is 0 Å². The van der Waals surface area contributed by atoms with Gasteiger partial charge in [0.15, 0.2) is 0 Å². The number of carbonyl (C=O) groups is 3. The number of primary amides is 1. The minimum absolute atomic E-state index is 0.234. The van der Waals surface area contributed by atoms with E-state index in [9.17, 15) is 14.4 Å². The van der Waals surface area contributed by atoms with Crippen molar-refractivity contribution in [3.63, 3.8) is 0 Å². The van der Waals surface area contributed by atoms with Crippen molar-refractivity contribution >= 4 is 17.9 Å². The number of ether oxygens (including phenoxy) is 1. The predicted octanol–water partition coefficient (Wildman–Crippen LogP) is 1.03. The Morgan fingerprint density at radius 3 is 2.37 bits per heavy atom. The molecule has 1 rings (SSSR count). The van der Waals surface area contributed by atoms with Crippen LogP contribution in [0.15, 0.2) is 25.3 Å². The number of alkyl carbamates (subject to hydrolysis) is 1. The second kappa shape index (κ2) is 10.1. The van der Waals surface area contributed by atoms with Crippen LogP contribution < -0.4 is 11.1 Å². The van der Waals surface area contributed by atoms with Crippen LogP contribution in [0.25, 0.3) is 0 Å². The summed E-state index contributed by atoms with van der Waals surface area (Å²) in [5.41, 5.74) is 4.73. The summed E-state index contributed by atoms with van der Waals surface area (Å²) in [6.07, 6.45) is 3.96. The third kappa shape index (κ3) is 7.42. The summed E-state index contributed by atoms with van der Waals surface area (Å²) in [6.45, 7) is 14.4. The van der Waals surface area contributed by atoms with E-state index in [1.54, 1.807) is 32.9 Å². The molecule has 1 aliphatic heterocycles. The molecule has 0 spiro atoms. The van der Waals surface area contributed by atoms with Crippen LogP contribution in [0.3, 0.4) is 0 Å². The SMILES string of the molecule is C=CCN(CC=C)CC(NC(=O)OC(C)(C)C)C(=O)N1CCCC1C(N)=O. The van der Waals surface area contributed by atoms with Gasteiger partial charge in [0.2, 0.25) is 11.8 Å². The molecule has 27 heavy (non-hydrogen) atoms. The zero-order valence-electron chi connectivity index (χ0n) is 16.6. The predicted molar refractivity (Wildman–Crippen MR) is 104 cm³/mol. The molecule has 0 radical (unpaired) electrons. The first-order chi connectivity index (χ1) is 12.6. The number of amides is 3. The zero-order valence-corrected chi connectivity index (χ0v) is 16.6. The van der Waals surface area contributed by atoms with Crippen molar-refractivity contribution in [2.45, 2.75) is 51.3 Å². The first-order valence-corrected chi connectivity index (χ1v) is 9.12. The molecule has 3 N–H and O–H groups in total. The van der Waals surface area contributed by atoms with Gasteiger partial charge >= 0.3 is 6.09 Å². The van der Waals surface area contributed by atoms with Crippen LogP contribution in [0.2, 0.25) is 0 Å². The summed E-state index contributed by atoms with van der Waals surface area (Å²) >= 11 is 0. The molecule has 8 nitrogen and oxygen atoms in total. The van der Waals surface area contributed by atoms with E-state index < -0.39 is 29.7 Å². The van der Waals surface area contributed by atoms with Gasteiger partial charge in [0.05, 0.1) is 0 Å². The highest BCUT2D eigenvalue weighted by molar-refractivity contribution is 5.91. The molecule has 1 fully saturated rings. The number of hydrogen-bond acceptors (Lipinski definition) is 5. The molecule has 152 valence electrons. The molecule has 8 heteroatoms. The van der Waals surface area contributed by atoms with Gasteiger partial charge < -0.3 is 20.7 Å². The minimum Gasteiger partial charge on any atom is -0.444 e. The monoisotopic (exact) mass is 380 g/mol. The van der Waals surface area contributed by atoms with E-state index in [0.29, 0.717) is 32.5 Å². The molecule has 1 saturated heterocycles. The summed E-state index contributed by atoms with van der Waals surface area (Å²) in [5.74, 6) is -0.883. The van der Waals surface area contributed by atoms with Crippen molar-refractivity contribution in [3.8, 4) is 0 Å². The molecule has 0 aliphatic carbocycles. The van der Waals surface area contributed by atoms with Crippen molar-refractivity contribution < 1.29 is 19.1 Å². The standard InChI is InChI=1S/C19H32N4O4/c1-6-10-22(11-7-2)13-14(21-18(26)27-19(3,4)5)17(25)23-12-8-9-15(23)16(20)24/h6-7,14-15H,1-2,8-13H2,3-5H3,(H2,20,24)(H,21,26). The molecule has 1 heterocycles. The van der Waals surface area contributed by atoms with Crippen LogP contribution in [-0.4, -0.2) is 71.6 Å². The molecule has 3 amide bonds. The molecule has 0 bridgehead atoms. The van der Waals surface area contributed by atoms with Crippen LogP contribution in [0.1, 0.15) is 33.6 Å². The summed E-state index contributed by atoms with van der Waals surface area (Å²) < 4.78 is 5.29. The maximum atomic E-state index is 13.1. The Kier molecular flexibility index (Phi) is 8.49. The molecular formula is C19H32N4O4. The highest BCUT2D eigenvalue weighted by atomic mass is 16.6. The summed E-state index contributed by atoms with van der Waals surface area (Å²) in [6, 6.07) is -1.52.